The zero-order chi connectivity index (χ0) is 29.9. The molecule has 0 radical (unpaired) electrons. The van der Waals surface area contributed by atoms with Crippen LogP contribution in [0.2, 0.25) is 0 Å². The quantitative estimate of drug-likeness (QED) is 0.291. The van der Waals surface area contributed by atoms with E-state index in [9.17, 15) is 27.6 Å². The van der Waals surface area contributed by atoms with Crippen LogP contribution in [0.25, 0.3) is 17.2 Å². The van der Waals surface area contributed by atoms with E-state index in [0.29, 0.717) is 23.3 Å². The lowest BCUT2D eigenvalue weighted by Crippen LogP contribution is -2.59. The average molecular weight is 577 g/mol. The minimum Gasteiger partial charge on any atom is -0.467 e. The van der Waals surface area contributed by atoms with E-state index < -0.39 is 41.4 Å². The highest BCUT2D eigenvalue weighted by Gasteiger charge is 2.39. The molecule has 0 N–H and O–H groups in total. The van der Waals surface area contributed by atoms with E-state index in [1.54, 1.807) is 32.9 Å². The predicted octanol–water partition coefficient (Wildman–Crippen LogP) is 4.87. The number of nitrogens with zero attached hydrogens (tertiary/aromatic N) is 2. The Hall–Kier alpha value is -4.06. The van der Waals surface area contributed by atoms with Crippen LogP contribution >= 0.6 is 0 Å². The van der Waals surface area contributed by atoms with Crippen LogP contribution in [0, 0.1) is 0 Å². The number of carbonyl (C=O) groups is 3. The minimum atomic E-state index is -4.66. The van der Waals surface area contributed by atoms with Crippen LogP contribution in [0.4, 0.5) is 18.0 Å². The Morgan fingerprint density at radius 3 is 2.51 bits per heavy atom. The molecular formula is C29H31F3N2O7. The summed E-state index contributed by atoms with van der Waals surface area (Å²) in [6.45, 7) is 5.32. The van der Waals surface area contributed by atoms with Gasteiger partial charge in [0.15, 0.2) is 5.75 Å². The van der Waals surface area contributed by atoms with Gasteiger partial charge in [0.25, 0.3) is 0 Å². The van der Waals surface area contributed by atoms with Gasteiger partial charge in [0.05, 0.1) is 25.8 Å². The number of hydrogen-bond acceptors (Lipinski definition) is 7. The van der Waals surface area contributed by atoms with Gasteiger partial charge < -0.3 is 24.2 Å². The molecule has 2 aromatic rings. The van der Waals surface area contributed by atoms with Crippen molar-refractivity contribution < 1.29 is 46.8 Å². The molecule has 0 spiro atoms. The Morgan fingerprint density at radius 1 is 1.07 bits per heavy atom. The molecule has 4 rings (SSSR count). The smallest absolute Gasteiger partial charge is 0.417 e. The van der Waals surface area contributed by atoms with Crippen molar-refractivity contribution in [3.05, 3.63) is 59.2 Å². The average Bonchev–Trinajstić information content (AvgIpc) is 2.93. The van der Waals surface area contributed by atoms with Crippen molar-refractivity contribution in [2.24, 2.45) is 0 Å². The largest absolute Gasteiger partial charge is 0.467 e. The summed E-state index contributed by atoms with van der Waals surface area (Å²) in [7, 11) is 1.16. The van der Waals surface area contributed by atoms with Crippen molar-refractivity contribution in [1.82, 2.24) is 9.80 Å². The summed E-state index contributed by atoms with van der Waals surface area (Å²) in [5.74, 6) is -0.931. The van der Waals surface area contributed by atoms with Crippen LogP contribution in [0.5, 0.6) is 5.75 Å². The van der Waals surface area contributed by atoms with Crippen LogP contribution in [-0.4, -0.2) is 72.8 Å². The summed E-state index contributed by atoms with van der Waals surface area (Å²) in [6.07, 6.45) is -2.42. The molecule has 9 nitrogen and oxygen atoms in total. The first-order valence-corrected chi connectivity index (χ1v) is 13.0. The first kappa shape index (κ1) is 29.9. The molecule has 2 heterocycles. The van der Waals surface area contributed by atoms with Gasteiger partial charge in [-0.05, 0) is 56.2 Å². The molecule has 1 fully saturated rings. The summed E-state index contributed by atoms with van der Waals surface area (Å²) in [5, 5.41) is 0. The van der Waals surface area contributed by atoms with E-state index in [0.717, 1.165) is 19.3 Å². The highest BCUT2D eigenvalue weighted by molar-refractivity contribution is 5.96. The molecule has 2 aromatic carbocycles. The van der Waals surface area contributed by atoms with Crippen molar-refractivity contribution in [3.8, 4) is 16.9 Å². The van der Waals surface area contributed by atoms with E-state index in [-0.39, 0.29) is 37.4 Å². The molecule has 2 aliphatic heterocycles. The third-order valence-electron chi connectivity index (χ3n) is 6.55. The molecular weight excluding hydrogens is 545 g/mol. The van der Waals surface area contributed by atoms with Gasteiger partial charge in [-0.15, -0.1) is 0 Å². The number of piperazine rings is 1. The monoisotopic (exact) mass is 576 g/mol. The van der Waals surface area contributed by atoms with Crippen molar-refractivity contribution in [2.45, 2.75) is 45.0 Å². The maximum atomic E-state index is 14.1. The number of amides is 2. The van der Waals surface area contributed by atoms with Crippen LogP contribution in [0.3, 0.4) is 0 Å². The number of halogens is 3. The number of rotatable bonds is 4. The summed E-state index contributed by atoms with van der Waals surface area (Å²) in [4.78, 5) is 51.0. The fourth-order valence-corrected chi connectivity index (χ4v) is 4.67. The fraction of sp³-hybridized carbons (Fsp3) is 0.414. The van der Waals surface area contributed by atoms with Gasteiger partial charge in [-0.25, -0.2) is 9.59 Å². The lowest BCUT2D eigenvalue weighted by Gasteiger charge is -2.39. The standard InChI is InChI=1S/C29H31F3N2O7/c1-28(2,3)40-27(37)33-13-14-34(22(17-33)26(36)38-4)24(35)11-9-18-6-5-7-21(29(30,31)32)25(18)20-8-10-23-19(16-20)12-15-39-41-23/h5-11,16,22H,12-15,17H2,1-4H3/b11-9+. The third-order valence-corrected chi connectivity index (χ3v) is 6.55. The number of benzene rings is 2. The van der Waals surface area contributed by atoms with Gasteiger partial charge in [-0.3, -0.25) is 4.79 Å². The number of carbonyl (C=O) groups excluding carboxylic acids is 3. The maximum absolute atomic E-state index is 14.1. The summed E-state index contributed by atoms with van der Waals surface area (Å²) < 4.78 is 52.5. The molecule has 0 saturated carbocycles. The SMILES string of the molecule is COC(=O)C1CN(C(=O)OC(C)(C)C)CCN1C(=O)/C=C/c1cccc(C(F)(F)F)c1-c1ccc2c(c1)CCOO2. The third kappa shape index (κ3) is 6.99. The van der Waals surface area contributed by atoms with E-state index >= 15 is 0 Å². The zero-order valence-corrected chi connectivity index (χ0v) is 23.1. The van der Waals surface area contributed by atoms with E-state index in [1.165, 1.54) is 34.1 Å². The lowest BCUT2D eigenvalue weighted by molar-refractivity contribution is -0.215. The molecule has 2 amide bonds. The number of esters is 1. The number of ether oxygens (including phenoxy) is 2. The van der Waals surface area contributed by atoms with Crippen LogP contribution in [0.1, 0.15) is 37.5 Å². The van der Waals surface area contributed by atoms with Crippen molar-refractivity contribution >= 4 is 24.0 Å². The van der Waals surface area contributed by atoms with Gasteiger partial charge >= 0.3 is 18.2 Å². The number of fused-ring (bicyclic) bond motifs is 1. The number of hydrogen-bond donors (Lipinski definition) is 0. The van der Waals surface area contributed by atoms with Gasteiger partial charge in [0.1, 0.15) is 11.6 Å². The minimum absolute atomic E-state index is 0.00940. The lowest BCUT2D eigenvalue weighted by atomic mass is 9.92. The van der Waals surface area contributed by atoms with Crippen molar-refractivity contribution in [3.63, 3.8) is 0 Å². The first-order valence-electron chi connectivity index (χ1n) is 13.0. The molecule has 1 saturated heterocycles. The Balaban J connectivity index is 1.64. The van der Waals surface area contributed by atoms with Gasteiger partial charge in [0.2, 0.25) is 5.91 Å². The second-order valence-corrected chi connectivity index (χ2v) is 10.6. The topological polar surface area (TPSA) is 94.6 Å². The Kier molecular flexibility index (Phi) is 8.62. The molecule has 0 aromatic heterocycles. The summed E-state index contributed by atoms with van der Waals surface area (Å²) in [6, 6.07) is 7.26. The Morgan fingerprint density at radius 2 is 1.83 bits per heavy atom. The van der Waals surface area contributed by atoms with Crippen molar-refractivity contribution in [2.75, 3.05) is 33.4 Å². The molecule has 2 aliphatic rings. The molecule has 12 heteroatoms. The zero-order valence-electron chi connectivity index (χ0n) is 23.1. The first-order chi connectivity index (χ1) is 19.3. The van der Waals surface area contributed by atoms with E-state index in [2.05, 4.69) is 0 Å². The fourth-order valence-electron chi connectivity index (χ4n) is 4.67. The van der Waals surface area contributed by atoms with Gasteiger partial charge in [0, 0.05) is 36.7 Å². The van der Waals surface area contributed by atoms with Gasteiger partial charge in [-0.1, -0.05) is 18.2 Å². The van der Waals surface area contributed by atoms with Crippen LogP contribution < -0.4 is 4.89 Å². The molecule has 0 aliphatic carbocycles. The predicted molar refractivity (Wildman–Crippen MR) is 142 cm³/mol. The molecule has 220 valence electrons. The molecule has 1 atom stereocenters. The molecule has 41 heavy (non-hydrogen) atoms. The summed E-state index contributed by atoms with van der Waals surface area (Å²) in [5.41, 5.74) is -0.568. The second-order valence-electron chi connectivity index (χ2n) is 10.6. The van der Waals surface area contributed by atoms with Crippen molar-refractivity contribution in [1.29, 1.82) is 0 Å². The normalized spacial score (nSPS) is 17.6. The Labute approximate surface area is 235 Å². The highest BCUT2D eigenvalue weighted by Crippen LogP contribution is 2.41. The van der Waals surface area contributed by atoms with E-state index in [4.69, 9.17) is 19.2 Å². The van der Waals surface area contributed by atoms with Gasteiger partial charge in [-0.2, -0.15) is 18.1 Å². The second kappa shape index (κ2) is 11.8. The Bertz CT molecular complexity index is 1350. The number of alkyl halides is 3. The van der Waals surface area contributed by atoms with E-state index in [1.807, 2.05) is 0 Å². The molecule has 1 unspecified atom stereocenters. The van der Waals surface area contributed by atoms with Crippen LogP contribution in [-0.2, 0) is 36.5 Å². The van der Waals surface area contributed by atoms with Crippen LogP contribution in [0.15, 0.2) is 42.5 Å². The summed E-state index contributed by atoms with van der Waals surface area (Å²) >= 11 is 0. The maximum Gasteiger partial charge on any atom is 0.417 e. The highest BCUT2D eigenvalue weighted by atomic mass is 19.4. The number of methoxy groups -OCH3 is 1. The molecule has 0 bridgehead atoms.